The Morgan fingerprint density at radius 1 is 1.00 bits per heavy atom. The first kappa shape index (κ1) is 4.73. The van der Waals surface area contributed by atoms with Crippen LogP contribution in [-0.2, 0) is 0 Å². The van der Waals surface area contributed by atoms with Crippen molar-refractivity contribution in [2.75, 3.05) is 6.61 Å². The van der Waals surface area contributed by atoms with Crippen molar-refractivity contribution >= 4 is 0 Å². The zero-order valence-corrected chi connectivity index (χ0v) is 5.46. The zero-order valence-electron chi connectivity index (χ0n) is 5.46. The van der Waals surface area contributed by atoms with Crippen LogP contribution in [0.15, 0.2) is 0 Å². The van der Waals surface area contributed by atoms with Crippen LogP contribution in [0.25, 0.3) is 0 Å². The third-order valence-corrected chi connectivity index (χ3v) is 3.64. The Morgan fingerprint density at radius 2 is 1.56 bits per heavy atom. The van der Waals surface area contributed by atoms with Gasteiger partial charge in [-0.2, -0.15) is 0 Å². The molecule has 50 valence electrons. The summed E-state index contributed by atoms with van der Waals surface area (Å²) in [4.78, 5) is 0. The second-order valence-corrected chi connectivity index (χ2v) is 3.97. The highest BCUT2D eigenvalue weighted by Crippen LogP contribution is 2.72. The van der Waals surface area contributed by atoms with Crippen LogP contribution < -0.4 is 0 Å². The Bertz CT molecular complexity index is 139. The van der Waals surface area contributed by atoms with Crippen molar-refractivity contribution in [1.29, 1.82) is 0 Å². The summed E-state index contributed by atoms with van der Waals surface area (Å²) < 4.78 is 0. The molecule has 0 radical (unpaired) electrons. The predicted molar refractivity (Wildman–Crippen MR) is 33.8 cm³/mol. The molecule has 3 saturated carbocycles. The van der Waals surface area contributed by atoms with Gasteiger partial charge in [0.1, 0.15) is 0 Å². The van der Waals surface area contributed by atoms with E-state index < -0.39 is 0 Å². The summed E-state index contributed by atoms with van der Waals surface area (Å²) in [5, 5.41) is 8.96. The van der Waals surface area contributed by atoms with E-state index in [1.54, 1.807) is 0 Å². The first-order valence-corrected chi connectivity index (χ1v) is 4.02. The van der Waals surface area contributed by atoms with Gasteiger partial charge in [-0.25, -0.2) is 0 Å². The van der Waals surface area contributed by atoms with Crippen LogP contribution in [0, 0.1) is 29.6 Å². The molecule has 3 aliphatic carbocycles. The van der Waals surface area contributed by atoms with Gasteiger partial charge in [0.25, 0.3) is 0 Å². The van der Waals surface area contributed by atoms with Crippen molar-refractivity contribution in [3.8, 4) is 0 Å². The third-order valence-electron chi connectivity index (χ3n) is 3.64. The molecule has 3 aliphatic rings. The summed E-state index contributed by atoms with van der Waals surface area (Å²) in [7, 11) is 0. The second-order valence-electron chi connectivity index (χ2n) is 3.97. The Labute approximate surface area is 55.1 Å². The maximum atomic E-state index is 8.96. The van der Waals surface area contributed by atoms with E-state index in [1.807, 2.05) is 0 Å². The number of aliphatic hydroxyl groups excluding tert-OH is 1. The van der Waals surface area contributed by atoms with Crippen molar-refractivity contribution in [3.63, 3.8) is 0 Å². The Hall–Kier alpha value is -0.0400. The lowest BCUT2D eigenvalue weighted by Crippen LogP contribution is -2.08. The molecular formula is C8H12O. The average molecular weight is 124 g/mol. The molecule has 3 rings (SSSR count). The molecule has 0 aromatic heterocycles. The van der Waals surface area contributed by atoms with Crippen molar-refractivity contribution in [2.24, 2.45) is 29.6 Å². The van der Waals surface area contributed by atoms with E-state index in [4.69, 9.17) is 5.11 Å². The SMILES string of the molecule is OCC1C2CC2C2CC12. The Kier molecular flexibility index (Phi) is 0.628. The number of rotatable bonds is 1. The Balaban J connectivity index is 1.87. The highest BCUT2D eigenvalue weighted by Gasteiger charge is 2.66. The van der Waals surface area contributed by atoms with Gasteiger partial charge in [-0.1, -0.05) is 0 Å². The molecule has 4 atom stereocenters. The van der Waals surface area contributed by atoms with Crippen LogP contribution in [-0.4, -0.2) is 11.7 Å². The lowest BCUT2D eigenvalue weighted by molar-refractivity contribution is 0.199. The molecule has 0 amide bonds. The van der Waals surface area contributed by atoms with Gasteiger partial charge in [-0.3, -0.25) is 0 Å². The van der Waals surface area contributed by atoms with E-state index >= 15 is 0 Å². The third kappa shape index (κ3) is 0.420. The molecular weight excluding hydrogens is 112 g/mol. The summed E-state index contributed by atoms with van der Waals surface area (Å²) in [6.07, 6.45) is 2.90. The van der Waals surface area contributed by atoms with Crippen LogP contribution in [0.5, 0.6) is 0 Å². The van der Waals surface area contributed by atoms with Gasteiger partial charge >= 0.3 is 0 Å². The molecule has 0 bridgehead atoms. The highest BCUT2D eigenvalue weighted by molar-refractivity contribution is 5.14. The summed E-state index contributed by atoms with van der Waals surface area (Å²) >= 11 is 0. The summed E-state index contributed by atoms with van der Waals surface area (Å²) in [5.74, 6) is 4.83. The fourth-order valence-electron chi connectivity index (χ4n) is 3.03. The fraction of sp³-hybridized carbons (Fsp3) is 1.00. The van der Waals surface area contributed by atoms with Gasteiger partial charge in [0.2, 0.25) is 0 Å². The van der Waals surface area contributed by atoms with Crippen LogP contribution in [0.4, 0.5) is 0 Å². The molecule has 0 aliphatic heterocycles. The topological polar surface area (TPSA) is 20.2 Å². The minimum Gasteiger partial charge on any atom is -0.396 e. The van der Waals surface area contributed by atoms with Crippen LogP contribution in [0.1, 0.15) is 12.8 Å². The van der Waals surface area contributed by atoms with Gasteiger partial charge < -0.3 is 5.11 Å². The van der Waals surface area contributed by atoms with Gasteiger partial charge in [0.05, 0.1) is 0 Å². The molecule has 0 saturated heterocycles. The maximum Gasteiger partial charge on any atom is 0.0464 e. The Morgan fingerprint density at radius 3 is 1.89 bits per heavy atom. The number of aliphatic hydroxyl groups is 1. The minimum absolute atomic E-state index is 0.475. The van der Waals surface area contributed by atoms with E-state index in [0.29, 0.717) is 6.61 Å². The number of fused-ring (bicyclic) bond motifs is 3. The summed E-state index contributed by atoms with van der Waals surface area (Å²) in [5.41, 5.74) is 0. The summed E-state index contributed by atoms with van der Waals surface area (Å²) in [6.45, 7) is 0.475. The lowest BCUT2D eigenvalue weighted by Gasteiger charge is -2.06. The van der Waals surface area contributed by atoms with Crippen LogP contribution in [0.3, 0.4) is 0 Å². The molecule has 0 spiro atoms. The van der Waals surface area contributed by atoms with Gasteiger partial charge in [-0.05, 0) is 42.4 Å². The molecule has 0 aromatic carbocycles. The highest BCUT2D eigenvalue weighted by atomic mass is 16.3. The molecule has 9 heavy (non-hydrogen) atoms. The van der Waals surface area contributed by atoms with E-state index in [2.05, 4.69) is 0 Å². The molecule has 1 heteroatoms. The minimum atomic E-state index is 0.475. The lowest BCUT2D eigenvalue weighted by atomic mass is 10.0. The molecule has 1 N–H and O–H groups in total. The second kappa shape index (κ2) is 1.20. The first-order chi connectivity index (χ1) is 4.42. The monoisotopic (exact) mass is 124 g/mol. The van der Waals surface area contributed by atoms with Crippen molar-refractivity contribution in [3.05, 3.63) is 0 Å². The number of hydrogen-bond donors (Lipinski definition) is 1. The fourth-order valence-corrected chi connectivity index (χ4v) is 3.03. The van der Waals surface area contributed by atoms with Crippen LogP contribution >= 0.6 is 0 Å². The molecule has 3 fully saturated rings. The number of hydrogen-bond acceptors (Lipinski definition) is 1. The predicted octanol–water partition coefficient (Wildman–Crippen LogP) is 0.881. The van der Waals surface area contributed by atoms with E-state index in [0.717, 1.165) is 29.6 Å². The van der Waals surface area contributed by atoms with Gasteiger partial charge in [-0.15, -0.1) is 0 Å². The van der Waals surface area contributed by atoms with Crippen molar-refractivity contribution in [1.82, 2.24) is 0 Å². The van der Waals surface area contributed by atoms with Gasteiger partial charge in [0.15, 0.2) is 0 Å². The van der Waals surface area contributed by atoms with Gasteiger partial charge in [0, 0.05) is 6.61 Å². The molecule has 0 aromatic rings. The smallest absolute Gasteiger partial charge is 0.0464 e. The summed E-state index contributed by atoms with van der Waals surface area (Å²) in [6, 6.07) is 0. The normalized spacial score (nSPS) is 67.0. The van der Waals surface area contributed by atoms with Crippen molar-refractivity contribution < 1.29 is 5.11 Å². The largest absolute Gasteiger partial charge is 0.396 e. The van der Waals surface area contributed by atoms with E-state index in [1.165, 1.54) is 12.8 Å². The average Bonchev–Trinajstić information content (AvgIpc) is 2.65. The first-order valence-electron chi connectivity index (χ1n) is 4.02. The van der Waals surface area contributed by atoms with Crippen LogP contribution in [0.2, 0.25) is 0 Å². The maximum absolute atomic E-state index is 8.96. The van der Waals surface area contributed by atoms with E-state index in [9.17, 15) is 0 Å². The van der Waals surface area contributed by atoms with E-state index in [-0.39, 0.29) is 0 Å². The molecule has 1 nitrogen and oxygen atoms in total. The standard InChI is InChI=1S/C8H12O/c9-3-8-6-1-4(6)5-2-7(5)8/h4-9H,1-3H2. The quantitative estimate of drug-likeness (QED) is 0.550. The zero-order chi connectivity index (χ0) is 6.01. The van der Waals surface area contributed by atoms with Crippen molar-refractivity contribution in [2.45, 2.75) is 12.8 Å². The molecule has 0 heterocycles. The molecule has 4 unspecified atom stereocenters.